The van der Waals surface area contributed by atoms with Gasteiger partial charge in [0.05, 0.1) is 13.7 Å². The Kier molecular flexibility index (Phi) is 8.47. The van der Waals surface area contributed by atoms with E-state index in [2.05, 4.69) is 34.1 Å². The first-order valence-electron chi connectivity index (χ1n) is 12.8. The van der Waals surface area contributed by atoms with Gasteiger partial charge in [-0.2, -0.15) is 4.99 Å². The van der Waals surface area contributed by atoms with Crippen LogP contribution in [0.1, 0.15) is 43.7 Å². The van der Waals surface area contributed by atoms with Crippen molar-refractivity contribution in [3.63, 3.8) is 0 Å². The molecule has 1 unspecified atom stereocenters. The molecule has 0 N–H and O–H groups in total. The van der Waals surface area contributed by atoms with Crippen LogP contribution in [0.5, 0.6) is 5.75 Å². The topological polar surface area (TPSA) is 51.1 Å². The van der Waals surface area contributed by atoms with Crippen LogP contribution in [0.2, 0.25) is 0 Å². The monoisotopic (exact) mass is 472 g/mol. The van der Waals surface area contributed by atoms with E-state index in [0.717, 1.165) is 23.3 Å². The highest BCUT2D eigenvalue weighted by molar-refractivity contribution is 6.02. The van der Waals surface area contributed by atoms with Crippen molar-refractivity contribution in [2.75, 3.05) is 20.3 Å². The highest BCUT2D eigenvalue weighted by atomic mass is 16.5. The molecule has 4 rings (SSSR count). The second-order valence-corrected chi connectivity index (χ2v) is 9.55. The van der Waals surface area contributed by atoms with E-state index in [1.165, 1.54) is 25.7 Å². The van der Waals surface area contributed by atoms with Crippen molar-refractivity contribution in [3.05, 3.63) is 65.7 Å². The van der Waals surface area contributed by atoms with E-state index in [9.17, 15) is 4.79 Å². The van der Waals surface area contributed by atoms with Gasteiger partial charge in [-0.15, -0.1) is 0 Å². The van der Waals surface area contributed by atoms with Crippen LogP contribution in [-0.4, -0.2) is 37.0 Å². The molecule has 2 saturated carbocycles. The maximum absolute atomic E-state index is 13.5. The second-order valence-electron chi connectivity index (χ2n) is 9.55. The van der Waals surface area contributed by atoms with Crippen LogP contribution in [0.3, 0.4) is 0 Å². The average molecular weight is 473 g/mol. The SMILES string of the molecule is C#C/N=C(/C(C(=O)OCC)C(C1CC1)C1CC1)N(CCc1ccccc1OC)Cc1ccccc1. The van der Waals surface area contributed by atoms with Crippen LogP contribution < -0.4 is 4.74 Å². The Bertz CT molecular complexity index is 1040. The summed E-state index contributed by atoms with van der Waals surface area (Å²) in [6.45, 7) is 3.49. The molecule has 2 aromatic rings. The number of hydrogen-bond donors (Lipinski definition) is 0. The smallest absolute Gasteiger partial charge is 0.316 e. The lowest BCUT2D eigenvalue weighted by Gasteiger charge is -2.34. The van der Waals surface area contributed by atoms with Crippen LogP contribution >= 0.6 is 0 Å². The lowest BCUT2D eigenvalue weighted by molar-refractivity contribution is -0.148. The van der Waals surface area contributed by atoms with Gasteiger partial charge in [0.1, 0.15) is 17.5 Å². The molecule has 5 heteroatoms. The quantitative estimate of drug-likeness (QED) is 0.181. The molecule has 0 aromatic heterocycles. The zero-order valence-electron chi connectivity index (χ0n) is 20.9. The first-order chi connectivity index (χ1) is 17.2. The van der Waals surface area contributed by atoms with E-state index in [4.69, 9.17) is 15.9 Å². The van der Waals surface area contributed by atoms with Crippen LogP contribution in [0, 0.1) is 36.1 Å². The Morgan fingerprint density at radius 3 is 2.34 bits per heavy atom. The van der Waals surface area contributed by atoms with E-state index in [0.29, 0.717) is 37.4 Å². The first kappa shape index (κ1) is 24.9. The first-order valence-corrected chi connectivity index (χ1v) is 12.8. The third kappa shape index (κ3) is 6.45. The van der Waals surface area contributed by atoms with Gasteiger partial charge >= 0.3 is 5.97 Å². The number of rotatable bonds is 12. The van der Waals surface area contributed by atoms with Crippen molar-refractivity contribution in [2.45, 2.75) is 45.6 Å². The van der Waals surface area contributed by atoms with Crippen LogP contribution in [0.15, 0.2) is 59.6 Å². The van der Waals surface area contributed by atoms with Crippen molar-refractivity contribution in [2.24, 2.45) is 28.7 Å². The Morgan fingerprint density at radius 2 is 1.74 bits per heavy atom. The zero-order chi connectivity index (χ0) is 24.6. The highest BCUT2D eigenvalue weighted by Crippen LogP contribution is 2.53. The van der Waals surface area contributed by atoms with Gasteiger partial charge in [0.15, 0.2) is 0 Å². The molecule has 2 aromatic carbocycles. The minimum atomic E-state index is -0.438. The largest absolute Gasteiger partial charge is 0.496 e. The molecule has 2 aliphatic carbocycles. The third-order valence-corrected chi connectivity index (χ3v) is 7.10. The van der Waals surface area contributed by atoms with E-state index >= 15 is 0 Å². The number of aliphatic imine (C=N–C) groups is 1. The highest BCUT2D eigenvalue weighted by Gasteiger charge is 2.51. The molecule has 2 fully saturated rings. The third-order valence-electron chi connectivity index (χ3n) is 7.10. The van der Waals surface area contributed by atoms with Gasteiger partial charge < -0.3 is 14.4 Å². The summed E-state index contributed by atoms with van der Waals surface area (Å²) in [6.07, 6.45) is 11.2. The van der Waals surface area contributed by atoms with Crippen molar-refractivity contribution in [1.29, 1.82) is 0 Å². The number of esters is 1. The van der Waals surface area contributed by atoms with E-state index in [1.807, 2.05) is 43.3 Å². The molecule has 0 saturated heterocycles. The van der Waals surface area contributed by atoms with Crippen molar-refractivity contribution >= 4 is 11.8 Å². The van der Waals surface area contributed by atoms with Gasteiger partial charge in [0.25, 0.3) is 0 Å². The predicted molar refractivity (Wildman–Crippen MR) is 139 cm³/mol. The minimum absolute atomic E-state index is 0.194. The van der Waals surface area contributed by atoms with Gasteiger partial charge in [-0.25, -0.2) is 0 Å². The van der Waals surface area contributed by atoms with Gasteiger partial charge in [-0.1, -0.05) is 55.0 Å². The number of hydrogen-bond acceptors (Lipinski definition) is 4. The van der Waals surface area contributed by atoms with E-state index < -0.39 is 5.92 Å². The Balaban J connectivity index is 1.69. The fourth-order valence-corrected chi connectivity index (χ4v) is 5.20. The number of benzene rings is 2. The molecular weight excluding hydrogens is 436 g/mol. The summed E-state index contributed by atoms with van der Waals surface area (Å²) in [4.78, 5) is 20.2. The van der Waals surface area contributed by atoms with Crippen molar-refractivity contribution < 1.29 is 14.3 Å². The summed E-state index contributed by atoms with van der Waals surface area (Å²) in [5, 5.41) is 0. The predicted octanol–water partition coefficient (Wildman–Crippen LogP) is 5.34. The molecule has 5 nitrogen and oxygen atoms in total. The minimum Gasteiger partial charge on any atom is -0.496 e. The fraction of sp³-hybridized carbons (Fsp3) is 0.467. The fourth-order valence-electron chi connectivity index (χ4n) is 5.20. The molecule has 0 amide bonds. The lowest BCUT2D eigenvalue weighted by Crippen LogP contribution is -2.45. The molecule has 1 atom stereocenters. The summed E-state index contributed by atoms with van der Waals surface area (Å²) >= 11 is 0. The summed E-state index contributed by atoms with van der Waals surface area (Å²) in [6, 6.07) is 20.8. The number of carbonyl (C=O) groups excluding carboxylic acids is 1. The van der Waals surface area contributed by atoms with Gasteiger partial charge in [-0.05, 0) is 74.0 Å². The zero-order valence-corrected chi connectivity index (χ0v) is 20.9. The Morgan fingerprint density at radius 1 is 1.09 bits per heavy atom. The van der Waals surface area contributed by atoms with Crippen molar-refractivity contribution in [3.8, 4) is 18.2 Å². The number of methoxy groups -OCH3 is 1. The molecule has 0 bridgehead atoms. The average Bonchev–Trinajstić information content (AvgIpc) is 3.80. The number of ether oxygens (including phenoxy) is 2. The summed E-state index contributed by atoms with van der Waals surface area (Å²) in [5.74, 6) is 2.24. The van der Waals surface area contributed by atoms with Crippen LogP contribution in [0.25, 0.3) is 0 Å². The number of carbonyl (C=O) groups is 1. The molecule has 184 valence electrons. The Labute approximate surface area is 209 Å². The van der Waals surface area contributed by atoms with Crippen LogP contribution in [0.4, 0.5) is 0 Å². The van der Waals surface area contributed by atoms with Gasteiger partial charge in [0, 0.05) is 19.1 Å². The Hall–Kier alpha value is -3.26. The summed E-state index contributed by atoms with van der Waals surface area (Å²) < 4.78 is 11.2. The number of para-hydroxylation sites is 1. The maximum Gasteiger partial charge on any atom is 0.316 e. The molecule has 0 radical (unpaired) electrons. The summed E-state index contributed by atoms with van der Waals surface area (Å²) in [5.41, 5.74) is 2.26. The van der Waals surface area contributed by atoms with E-state index in [1.54, 1.807) is 7.11 Å². The molecule has 0 spiro atoms. The molecule has 35 heavy (non-hydrogen) atoms. The number of amidine groups is 1. The normalized spacial score (nSPS) is 16.5. The molecule has 0 aliphatic heterocycles. The van der Waals surface area contributed by atoms with E-state index in [-0.39, 0.29) is 11.9 Å². The molecular formula is C30H36N2O3. The summed E-state index contributed by atoms with van der Waals surface area (Å²) in [7, 11) is 1.69. The van der Waals surface area contributed by atoms with Crippen molar-refractivity contribution in [1.82, 2.24) is 4.90 Å². The van der Waals surface area contributed by atoms with Gasteiger partial charge in [-0.3, -0.25) is 4.79 Å². The maximum atomic E-state index is 13.5. The molecule has 2 aliphatic rings. The lowest BCUT2D eigenvalue weighted by atomic mass is 9.82. The standard InChI is InChI=1S/C30H36N2O3/c1-4-31-29(28(30(33)35-5-2)27(24-15-16-24)25-17-18-25)32(21-22-11-7-6-8-12-22)20-19-23-13-9-10-14-26(23)34-3/h1,6-14,24-25,27-28H,5,15-21H2,2-3H3/b31-29-. The van der Waals surface area contributed by atoms with Gasteiger partial charge in [0.2, 0.25) is 0 Å². The number of terminal acetylenes is 1. The molecule has 0 heterocycles. The van der Waals surface area contributed by atoms with Crippen LogP contribution in [-0.2, 0) is 22.5 Å². The number of nitrogens with zero attached hydrogens (tertiary/aromatic N) is 2. The second kappa shape index (κ2) is 11.9.